The van der Waals surface area contributed by atoms with Gasteiger partial charge in [-0.2, -0.15) is 0 Å². The van der Waals surface area contributed by atoms with Gasteiger partial charge in [0.25, 0.3) is 0 Å². The zero-order chi connectivity index (χ0) is 46.5. The Hall–Kier alpha value is 0.520. The van der Waals surface area contributed by atoms with Crippen LogP contribution in [-0.2, 0) is 40.5 Å². The normalized spacial score (nSPS) is 14.6. The fourth-order valence-electron chi connectivity index (χ4n) is 8.78. The van der Waals surface area contributed by atoms with E-state index in [1.54, 1.807) is 42.5 Å². The topological polar surface area (TPSA) is 229 Å². The van der Waals surface area contributed by atoms with Gasteiger partial charge in [-0.3, -0.25) is 0 Å². The fraction of sp³-hybridized carbons (Fsp3) is 0.478. The van der Waals surface area contributed by atoms with Crippen molar-refractivity contribution in [3.05, 3.63) is 119 Å². The van der Waals surface area contributed by atoms with Crippen molar-refractivity contribution in [1.82, 2.24) is 0 Å². The molecule has 0 spiro atoms. The maximum atomic E-state index is 13.4. The van der Waals surface area contributed by atoms with Crippen LogP contribution in [0.3, 0.4) is 0 Å². The molecular weight excluding hydrogens is 965 g/mol. The van der Waals surface area contributed by atoms with E-state index in [1.165, 1.54) is 42.5 Å². The van der Waals surface area contributed by atoms with Crippen LogP contribution in [0.5, 0.6) is 0 Å². The van der Waals surface area contributed by atoms with Crippen LogP contribution in [0, 0.1) is 23.7 Å². The van der Waals surface area contributed by atoms with E-state index in [-0.39, 0.29) is 179 Å². The third-order valence-corrected chi connectivity index (χ3v) is 15.3. The molecule has 4 unspecified atom stereocenters. The van der Waals surface area contributed by atoms with E-state index in [0.29, 0.717) is 43.2 Å². The first-order valence-corrected chi connectivity index (χ1v) is 26.5. The Morgan fingerprint density at radius 3 is 0.955 bits per heavy atom. The summed E-state index contributed by atoms with van der Waals surface area (Å²) >= 11 is 0. The average molecular weight is 1020 g/mol. The predicted octanol–water partition coefficient (Wildman–Crippen LogP) is -2.59. The second kappa shape index (κ2) is 28.1. The Bertz CT molecular complexity index is 2500. The quantitative estimate of drug-likeness (QED) is 0.0619. The van der Waals surface area contributed by atoms with E-state index in [1.807, 2.05) is 61.5 Å². The molecule has 0 saturated heterocycles. The van der Waals surface area contributed by atoms with Crippen molar-refractivity contribution in [2.24, 2.45) is 23.7 Å². The Kier molecular flexibility index (Phi) is 28.3. The predicted molar refractivity (Wildman–Crippen MR) is 234 cm³/mol. The van der Waals surface area contributed by atoms with Gasteiger partial charge in [-0.15, -0.1) is 0 Å². The summed E-state index contributed by atoms with van der Waals surface area (Å²) in [5, 5.41) is 0. The molecule has 0 N–H and O–H groups in total. The molecule has 20 heteroatoms. The molecule has 0 aromatic heterocycles. The summed E-state index contributed by atoms with van der Waals surface area (Å²) in [5.41, 5.74) is 3.24. The average Bonchev–Trinajstić information content (AvgIpc) is 3.15. The second-order valence-corrected chi connectivity index (χ2v) is 23.6. The van der Waals surface area contributed by atoms with Crippen molar-refractivity contribution in [3.63, 3.8) is 0 Å². The molecule has 0 aliphatic heterocycles. The summed E-state index contributed by atoms with van der Waals surface area (Å²) in [6.07, 6.45) is 2.55. The molecule has 4 aromatic carbocycles. The summed E-state index contributed by atoms with van der Waals surface area (Å²) < 4.78 is 146. The Morgan fingerprint density at radius 2 is 0.667 bits per heavy atom. The van der Waals surface area contributed by atoms with E-state index < -0.39 is 52.3 Å². The van der Waals surface area contributed by atoms with Crippen molar-refractivity contribution in [3.8, 4) is 0 Å². The van der Waals surface area contributed by atoms with E-state index in [9.17, 15) is 51.9 Å². The standard InChI is InChI=1S/C46H62O12S4.4Na/c1-29(2)23-37(33-9-16-40(17-10-33)59(47,48)49)25-39(26-38(24-30(3)4)34-11-18-41(19-12-34)60(50,51)52)36-15-22-43(46(27-36)62(56,57)58)45(32(7)8)28-44(31(5)6)35-13-20-42(21-14-35)61(53,54)55;;;;/h9-22,27,29-32,37-39,44-45H,23-26,28H2,1-8H3,(H,47,48,49)(H,50,51,52)(H,53,54,55)(H,56,57,58);;;;/q;4*+1/p-4. The van der Waals surface area contributed by atoms with Crippen LogP contribution >= 0.6 is 0 Å². The third kappa shape index (κ3) is 19.5. The summed E-state index contributed by atoms with van der Waals surface area (Å²) in [4.78, 5) is -1.45. The van der Waals surface area contributed by atoms with Gasteiger partial charge < -0.3 is 18.2 Å². The van der Waals surface area contributed by atoms with Gasteiger partial charge in [-0.25, -0.2) is 33.7 Å². The molecule has 342 valence electrons. The van der Waals surface area contributed by atoms with Gasteiger partial charge in [0.2, 0.25) is 0 Å². The van der Waals surface area contributed by atoms with Crippen LogP contribution < -0.4 is 118 Å². The molecule has 4 atom stereocenters. The van der Waals surface area contributed by atoms with Crippen molar-refractivity contribution in [2.45, 2.75) is 137 Å². The van der Waals surface area contributed by atoms with Gasteiger partial charge in [0.1, 0.15) is 40.5 Å². The van der Waals surface area contributed by atoms with E-state index in [2.05, 4.69) is 0 Å². The summed E-state index contributed by atoms with van der Waals surface area (Å²) in [6.45, 7) is 16.0. The van der Waals surface area contributed by atoms with Crippen LogP contribution in [0.1, 0.15) is 145 Å². The molecule has 0 bridgehead atoms. The van der Waals surface area contributed by atoms with Gasteiger partial charge >= 0.3 is 118 Å². The number of hydrogen-bond donors (Lipinski definition) is 0. The Balaban J connectivity index is 0.0000106. The van der Waals surface area contributed by atoms with Crippen LogP contribution in [-0.4, -0.2) is 51.9 Å². The zero-order valence-electron chi connectivity index (χ0n) is 40.4. The minimum Gasteiger partial charge on any atom is -0.744 e. The van der Waals surface area contributed by atoms with Crippen molar-refractivity contribution < 1.29 is 170 Å². The zero-order valence-corrected chi connectivity index (χ0v) is 51.7. The molecule has 66 heavy (non-hydrogen) atoms. The van der Waals surface area contributed by atoms with Crippen molar-refractivity contribution in [2.75, 3.05) is 0 Å². The van der Waals surface area contributed by atoms with E-state index in [0.717, 1.165) is 16.7 Å². The Morgan fingerprint density at radius 1 is 0.364 bits per heavy atom. The maximum Gasteiger partial charge on any atom is 1.00 e. The van der Waals surface area contributed by atoms with Gasteiger partial charge in [0.15, 0.2) is 0 Å². The minimum atomic E-state index is -5.07. The number of rotatable bonds is 21. The molecule has 0 amide bonds. The summed E-state index contributed by atoms with van der Waals surface area (Å²) in [6, 6.07) is 22.3. The summed E-state index contributed by atoms with van der Waals surface area (Å²) in [5.74, 6) is -1.28. The first-order chi connectivity index (χ1) is 28.6. The van der Waals surface area contributed by atoms with Crippen LogP contribution in [0.4, 0.5) is 0 Å². The first-order valence-electron chi connectivity index (χ1n) is 20.8. The van der Waals surface area contributed by atoms with Crippen LogP contribution in [0.2, 0.25) is 0 Å². The SMILES string of the molecule is CC(C)CC(CC(CC(CC(C)C)c1ccc(S(=O)(=O)[O-])cc1)c1ccc(C(CC(c2ccc(S(=O)(=O)[O-])cc2)C(C)C)C(C)C)c(S(=O)(=O)[O-])c1)c1ccc(S(=O)(=O)[O-])cc1.[Na+].[Na+].[Na+].[Na+]. The number of benzene rings is 4. The maximum absolute atomic E-state index is 13.4. The molecule has 4 rings (SSSR count). The summed E-state index contributed by atoms with van der Waals surface area (Å²) in [7, 11) is -19.1. The Labute approximate surface area is 483 Å². The van der Waals surface area contributed by atoms with E-state index in [4.69, 9.17) is 0 Å². The fourth-order valence-corrected chi connectivity index (χ4v) is 11.0. The van der Waals surface area contributed by atoms with Crippen LogP contribution in [0.25, 0.3) is 0 Å². The van der Waals surface area contributed by atoms with Gasteiger partial charge in [0, 0.05) is 0 Å². The molecule has 0 aliphatic rings. The van der Waals surface area contributed by atoms with Gasteiger partial charge in [0.05, 0.1) is 19.6 Å². The largest absolute Gasteiger partial charge is 1.00 e. The monoisotopic (exact) mass is 1020 g/mol. The van der Waals surface area contributed by atoms with Gasteiger partial charge in [-0.05, 0) is 156 Å². The number of hydrogen-bond acceptors (Lipinski definition) is 12. The molecular formula is C46H58Na4O12S4. The molecule has 0 saturated carbocycles. The molecule has 0 fully saturated rings. The molecule has 4 aromatic rings. The second-order valence-electron chi connectivity index (χ2n) is 18.1. The third-order valence-electron chi connectivity index (χ3n) is 11.8. The minimum absolute atomic E-state index is 0. The van der Waals surface area contributed by atoms with Gasteiger partial charge in [-0.1, -0.05) is 104 Å². The molecule has 0 aliphatic carbocycles. The molecule has 0 heterocycles. The smallest absolute Gasteiger partial charge is 0.744 e. The van der Waals surface area contributed by atoms with E-state index >= 15 is 0 Å². The molecule has 12 nitrogen and oxygen atoms in total. The molecule has 0 radical (unpaired) electrons. The first kappa shape index (κ1) is 66.5. The van der Waals surface area contributed by atoms with Crippen LogP contribution in [0.15, 0.2) is 111 Å². The van der Waals surface area contributed by atoms with Crippen molar-refractivity contribution >= 4 is 40.5 Å². The van der Waals surface area contributed by atoms with Crippen molar-refractivity contribution in [1.29, 1.82) is 0 Å².